The molecule has 80 heavy (non-hydrogen) atoms. The first-order chi connectivity index (χ1) is 43.1. The van der Waals surface area contributed by atoms with Crippen molar-refractivity contribution in [2.75, 3.05) is 0 Å². The van der Waals surface area contributed by atoms with Gasteiger partial charge < -0.3 is 4.74 Å². The summed E-state index contributed by atoms with van der Waals surface area (Å²) in [6.45, 7) is 12.5. The Morgan fingerprint density at radius 1 is 0.475 bits per heavy atom. The SMILES string of the molecule is [2H]c1c([2H])c([2H])c(-c2cc(C(C)(C)C)cc(-c3c([2H])c([2H])c([2H])c([2H])c3[2H])c2-[n+]2cn(-c3cc(Oc4ccc5c6ccccc6n(-c6cc(C(C)(C)C)ccn6)c5c4)cc(C4(c5ccccc5)c5ccccc5-c5ccccc54)c3)c3ccccc32)c([2H])c1[2H]. The van der Waals surface area contributed by atoms with Crippen molar-refractivity contribution in [1.82, 2.24) is 14.1 Å². The molecule has 3 aromatic heterocycles. The quantitative estimate of drug-likeness (QED) is 0.135. The summed E-state index contributed by atoms with van der Waals surface area (Å²) in [5.74, 6) is 1.86. The minimum Gasteiger partial charge on any atom is -0.457 e. The molecule has 1 aliphatic carbocycles. The number of rotatable bonds is 9. The molecule has 5 nitrogen and oxygen atoms in total. The minimum absolute atomic E-state index is 0.116. The van der Waals surface area contributed by atoms with Crippen LogP contribution in [0.5, 0.6) is 11.5 Å². The van der Waals surface area contributed by atoms with Gasteiger partial charge in [0.05, 0.1) is 30.2 Å². The van der Waals surface area contributed by atoms with E-state index in [2.05, 4.69) is 147 Å². The maximum absolute atomic E-state index is 9.53. The molecule has 5 heteroatoms. The number of aromatic nitrogens is 4. The number of hydrogen-bond acceptors (Lipinski definition) is 2. The van der Waals surface area contributed by atoms with Gasteiger partial charge in [0.25, 0.3) is 6.33 Å². The summed E-state index contributed by atoms with van der Waals surface area (Å²) in [5, 5.41) is 2.10. The summed E-state index contributed by atoms with van der Waals surface area (Å²) in [6.07, 6.45) is 3.74. The maximum atomic E-state index is 9.53. The van der Waals surface area contributed by atoms with Crippen LogP contribution in [0.1, 0.15) is 88.6 Å². The van der Waals surface area contributed by atoms with Gasteiger partial charge in [0, 0.05) is 40.2 Å². The largest absolute Gasteiger partial charge is 0.457 e. The van der Waals surface area contributed by atoms with E-state index in [4.69, 9.17) is 17.9 Å². The number of hydrogen-bond donors (Lipinski definition) is 0. The molecule has 1 aliphatic rings. The van der Waals surface area contributed by atoms with Crippen LogP contribution in [0.3, 0.4) is 0 Å². The van der Waals surface area contributed by atoms with Crippen LogP contribution in [0.25, 0.3) is 83.4 Å². The Balaban J connectivity index is 1.08. The van der Waals surface area contributed by atoms with Gasteiger partial charge in [0.15, 0.2) is 11.0 Å². The van der Waals surface area contributed by atoms with Crippen molar-refractivity contribution in [2.45, 2.75) is 57.8 Å². The van der Waals surface area contributed by atoms with E-state index >= 15 is 0 Å². The highest BCUT2D eigenvalue weighted by Gasteiger charge is 2.46. The van der Waals surface area contributed by atoms with Crippen LogP contribution >= 0.6 is 0 Å². The van der Waals surface area contributed by atoms with Crippen LogP contribution in [0.4, 0.5) is 0 Å². The van der Waals surface area contributed by atoms with Crippen LogP contribution in [-0.2, 0) is 16.2 Å². The van der Waals surface area contributed by atoms with E-state index in [1.54, 1.807) is 12.1 Å². The fourth-order valence-electron chi connectivity index (χ4n) is 12.1. The molecule has 0 aliphatic heterocycles. The molecule has 0 radical (unpaired) electrons. The topological polar surface area (TPSA) is 35.9 Å². The zero-order chi connectivity index (χ0) is 63.0. The van der Waals surface area contributed by atoms with E-state index in [0.717, 1.165) is 66.6 Å². The monoisotopic (exact) mass is 1040 g/mol. The second-order valence-corrected chi connectivity index (χ2v) is 22.7. The molecule has 0 unspecified atom stereocenters. The standard InChI is InChI=1S/C75H61N4O/c1-73(2,3)53-40-41-76-71(46-53)79-67-35-21-18-32-61(67)62-39-38-57(48-70(62)79)80-58-43-55(75(52-28-14-9-15-29-52)65-33-19-16-30-59(65)60-31-17-20-34-66(60)75)42-56(47-58)77-49-78(69-37-23-22-36-68(69)77)72-63(50-24-10-7-11-25-50)44-54(74(4,5)6)45-64(72)51-26-12-8-13-27-51/h7-49H,1-6H3/q+1/i7D,8D,10D,11D,12D,13D,24D,25D,26D,27D. The van der Waals surface area contributed by atoms with Gasteiger partial charge >= 0.3 is 0 Å². The lowest BCUT2D eigenvalue weighted by atomic mass is 9.67. The van der Waals surface area contributed by atoms with Crippen LogP contribution in [0.15, 0.2) is 261 Å². The fraction of sp³-hybridized carbons (Fsp3) is 0.120. The second-order valence-electron chi connectivity index (χ2n) is 22.7. The Morgan fingerprint density at radius 2 is 1.06 bits per heavy atom. The first-order valence-corrected chi connectivity index (χ1v) is 27.0. The molecule has 0 amide bonds. The van der Waals surface area contributed by atoms with Gasteiger partial charge in [-0.05, 0) is 133 Å². The first kappa shape index (κ1) is 38.9. The fourth-order valence-corrected chi connectivity index (χ4v) is 12.1. The summed E-state index contributed by atoms with van der Waals surface area (Å²) in [7, 11) is 0. The predicted molar refractivity (Wildman–Crippen MR) is 329 cm³/mol. The van der Waals surface area contributed by atoms with Gasteiger partial charge in [-0.15, -0.1) is 0 Å². The molecule has 0 N–H and O–H groups in total. The van der Waals surface area contributed by atoms with Crippen LogP contribution in [0, 0.1) is 0 Å². The number of benzene rings is 10. The highest BCUT2D eigenvalue weighted by molar-refractivity contribution is 6.09. The van der Waals surface area contributed by atoms with Crippen molar-refractivity contribution in [3.8, 4) is 62.1 Å². The van der Waals surface area contributed by atoms with E-state index < -0.39 is 71.3 Å². The van der Waals surface area contributed by atoms with Crippen molar-refractivity contribution in [3.05, 3.63) is 294 Å². The summed E-state index contributed by atoms with van der Waals surface area (Å²) in [5.41, 5.74) is 10.5. The van der Waals surface area contributed by atoms with Crippen LogP contribution in [-0.4, -0.2) is 14.1 Å². The zero-order valence-corrected chi connectivity index (χ0v) is 45.2. The number of ether oxygens (including phenoxy) is 1. The molecule has 0 saturated carbocycles. The lowest BCUT2D eigenvalue weighted by Crippen LogP contribution is -2.31. The molecule has 386 valence electrons. The average molecular weight is 1040 g/mol. The Morgan fingerprint density at radius 3 is 1.73 bits per heavy atom. The molecule has 14 rings (SSSR count). The third-order valence-corrected chi connectivity index (χ3v) is 15.9. The van der Waals surface area contributed by atoms with Crippen molar-refractivity contribution in [1.29, 1.82) is 0 Å². The molecular formula is C75H61N4O+. The Hall–Kier alpha value is -9.58. The van der Waals surface area contributed by atoms with Crippen molar-refractivity contribution in [3.63, 3.8) is 0 Å². The maximum Gasteiger partial charge on any atom is 0.255 e. The Bertz CT molecular complexity index is 4960. The van der Waals surface area contributed by atoms with Crippen LogP contribution < -0.4 is 9.30 Å². The smallest absolute Gasteiger partial charge is 0.255 e. The third kappa shape index (κ3) is 7.98. The van der Waals surface area contributed by atoms with Crippen molar-refractivity contribution in [2.24, 2.45) is 0 Å². The minimum atomic E-state index is -0.910. The first-order valence-electron chi connectivity index (χ1n) is 32.0. The summed E-state index contributed by atoms with van der Waals surface area (Å²) in [4.78, 5) is 4.96. The van der Waals surface area contributed by atoms with E-state index in [1.807, 2.05) is 97.0 Å². The molecule has 13 aromatic rings. The van der Waals surface area contributed by atoms with Crippen LogP contribution in [0.2, 0.25) is 0 Å². The van der Waals surface area contributed by atoms with Gasteiger partial charge in [0.2, 0.25) is 0 Å². The lowest BCUT2D eigenvalue weighted by Gasteiger charge is -2.34. The highest BCUT2D eigenvalue weighted by Crippen LogP contribution is 2.57. The third-order valence-electron chi connectivity index (χ3n) is 15.9. The number of para-hydroxylation sites is 3. The van der Waals surface area contributed by atoms with Gasteiger partial charge in [-0.1, -0.05) is 211 Å². The Kier molecular flexibility index (Phi) is 9.15. The number of imidazole rings is 1. The van der Waals surface area contributed by atoms with E-state index in [9.17, 15) is 5.48 Å². The molecule has 0 atom stereocenters. The Labute approximate surface area is 482 Å². The molecule has 0 saturated heterocycles. The molecule has 0 spiro atoms. The summed E-state index contributed by atoms with van der Waals surface area (Å²) in [6, 6.07) is 58.7. The molecule has 0 bridgehead atoms. The van der Waals surface area contributed by atoms with E-state index in [0.29, 0.717) is 33.8 Å². The molecule has 10 aromatic carbocycles. The van der Waals surface area contributed by atoms with Gasteiger partial charge in [-0.3, -0.25) is 4.57 Å². The second kappa shape index (κ2) is 18.8. The van der Waals surface area contributed by atoms with Crippen molar-refractivity contribution >= 4 is 32.8 Å². The predicted octanol–water partition coefficient (Wildman–Crippen LogP) is 18.5. The van der Waals surface area contributed by atoms with Gasteiger partial charge in [0.1, 0.15) is 28.7 Å². The zero-order valence-electron chi connectivity index (χ0n) is 55.2. The van der Waals surface area contributed by atoms with E-state index in [1.165, 1.54) is 0 Å². The van der Waals surface area contributed by atoms with Gasteiger partial charge in [-0.25, -0.2) is 4.98 Å². The normalized spacial score (nSPS) is 14.7. The lowest BCUT2D eigenvalue weighted by molar-refractivity contribution is -0.566. The van der Waals surface area contributed by atoms with Gasteiger partial charge in [-0.2, -0.15) is 9.13 Å². The number of nitrogens with zero attached hydrogens (tertiary/aromatic N) is 4. The molecule has 0 fully saturated rings. The van der Waals surface area contributed by atoms with E-state index in [-0.39, 0.29) is 33.4 Å². The highest BCUT2D eigenvalue weighted by atomic mass is 16.5. The number of fused-ring (bicyclic) bond motifs is 7. The summed E-state index contributed by atoms with van der Waals surface area (Å²) >= 11 is 0. The average Bonchev–Trinajstić information content (AvgIpc) is 1.59. The van der Waals surface area contributed by atoms with Crippen molar-refractivity contribution < 1.29 is 23.0 Å². The molecular weight excluding hydrogens is 973 g/mol. The number of pyridine rings is 1. The molecule has 3 heterocycles. The summed E-state index contributed by atoms with van der Waals surface area (Å²) < 4.78 is 105.